The predicted octanol–water partition coefficient (Wildman–Crippen LogP) is 8.91. The maximum Gasteiger partial charge on any atom is 0.355 e. The average molecular weight is 1000 g/mol. The number of piperidine rings is 1. The minimum atomic E-state index is -1.11. The molecule has 3 amide bonds. The van der Waals surface area contributed by atoms with Gasteiger partial charge in [-0.15, -0.1) is 0 Å². The Bertz CT molecular complexity index is 3230. The molecule has 11 rings (SSSR count). The lowest BCUT2D eigenvalue weighted by molar-refractivity contribution is -0.134. The molecule has 376 valence electrons. The van der Waals surface area contributed by atoms with Crippen LogP contribution in [0.4, 0.5) is 16.8 Å². The Labute approximate surface area is 427 Å². The molecule has 1 aliphatic carbocycles. The molecule has 1 unspecified atom stereocenters. The van der Waals surface area contributed by atoms with Gasteiger partial charge in [0.15, 0.2) is 16.6 Å². The van der Waals surface area contributed by atoms with Crippen LogP contribution >= 0.6 is 11.3 Å². The number of fused-ring (bicyclic) bond motifs is 3. The van der Waals surface area contributed by atoms with Crippen molar-refractivity contribution in [2.75, 3.05) is 47.8 Å². The van der Waals surface area contributed by atoms with E-state index in [-0.39, 0.29) is 29.5 Å². The second-order valence-corrected chi connectivity index (χ2v) is 21.1. The van der Waals surface area contributed by atoms with E-state index in [9.17, 15) is 24.3 Å². The number of thiazole rings is 1. The first-order valence-corrected chi connectivity index (χ1v) is 26.4. The van der Waals surface area contributed by atoms with Gasteiger partial charge in [-0.3, -0.25) is 34.6 Å². The number of aromatic carboxylic acids is 1. The van der Waals surface area contributed by atoms with Crippen molar-refractivity contribution in [3.05, 3.63) is 119 Å². The number of amides is 3. The van der Waals surface area contributed by atoms with Crippen LogP contribution in [0.2, 0.25) is 0 Å². The molecule has 73 heavy (non-hydrogen) atoms. The molecule has 3 N–H and O–H groups in total. The Hall–Kier alpha value is -7.24. The van der Waals surface area contributed by atoms with E-state index in [0.717, 1.165) is 113 Å². The lowest BCUT2D eigenvalue weighted by Crippen LogP contribution is -2.50. The van der Waals surface area contributed by atoms with Crippen molar-refractivity contribution in [2.45, 2.75) is 96.2 Å². The second kappa shape index (κ2) is 20.3. The third-order valence-corrected chi connectivity index (χ3v) is 16.6. The van der Waals surface area contributed by atoms with E-state index in [1.165, 1.54) is 17.8 Å². The number of pyridine rings is 2. The minimum Gasteiger partial charge on any atom is -0.490 e. The van der Waals surface area contributed by atoms with E-state index < -0.39 is 11.9 Å². The zero-order chi connectivity index (χ0) is 50.3. The van der Waals surface area contributed by atoms with Crippen molar-refractivity contribution < 1.29 is 29.0 Å². The summed E-state index contributed by atoms with van der Waals surface area (Å²) in [6, 6.07) is 25.6. The summed E-state index contributed by atoms with van der Waals surface area (Å²) in [4.78, 5) is 72.3. The molecular formula is C56H60N10O6S. The van der Waals surface area contributed by atoms with E-state index in [4.69, 9.17) is 19.8 Å². The van der Waals surface area contributed by atoms with Crippen LogP contribution in [-0.2, 0) is 29.6 Å². The number of carboxylic acid groups (broad SMARTS) is 1. The number of rotatable bonds is 13. The van der Waals surface area contributed by atoms with Gasteiger partial charge in [0.25, 0.3) is 5.91 Å². The van der Waals surface area contributed by atoms with Gasteiger partial charge < -0.3 is 19.6 Å². The van der Waals surface area contributed by atoms with Crippen molar-refractivity contribution in [1.29, 1.82) is 0 Å². The molecule has 4 aliphatic rings. The summed E-state index contributed by atoms with van der Waals surface area (Å²) >= 11 is 1.44. The molecule has 16 nitrogen and oxygen atoms in total. The van der Waals surface area contributed by atoms with E-state index in [1.54, 1.807) is 6.20 Å². The topological polar surface area (TPSA) is 188 Å². The van der Waals surface area contributed by atoms with Crippen LogP contribution < -0.4 is 25.2 Å². The summed E-state index contributed by atoms with van der Waals surface area (Å²) in [5.74, 6) is 0.543. The summed E-state index contributed by atoms with van der Waals surface area (Å²) < 4.78 is 9.54. The zero-order valence-electron chi connectivity index (χ0n) is 41.5. The summed E-state index contributed by atoms with van der Waals surface area (Å²) in [6.07, 6.45) is 9.82. The normalized spacial score (nSPS) is 20.0. The van der Waals surface area contributed by atoms with Gasteiger partial charge in [0, 0.05) is 81.5 Å². The predicted molar refractivity (Wildman–Crippen MR) is 283 cm³/mol. The van der Waals surface area contributed by atoms with Crippen LogP contribution in [0.25, 0.3) is 32.2 Å². The Kier molecular flexibility index (Phi) is 13.4. The van der Waals surface area contributed by atoms with Crippen LogP contribution in [0.5, 0.6) is 5.75 Å². The maximum atomic E-state index is 13.7. The molecule has 3 aromatic carbocycles. The highest BCUT2D eigenvalue weighted by molar-refractivity contribution is 7.22. The number of carboxylic acids is 1. The van der Waals surface area contributed by atoms with Crippen molar-refractivity contribution in [2.24, 2.45) is 13.0 Å². The van der Waals surface area contributed by atoms with Gasteiger partial charge in [-0.05, 0) is 136 Å². The molecule has 0 spiro atoms. The summed E-state index contributed by atoms with van der Waals surface area (Å²) in [7, 11) is 1.90. The number of carbonyl (C=O) groups excluding carboxylic acids is 3. The zero-order valence-corrected chi connectivity index (χ0v) is 42.3. The number of carbonyl (C=O) groups is 4. The number of aromatic nitrogens is 5. The number of nitrogens with zero attached hydrogens (tertiary/aromatic N) is 8. The van der Waals surface area contributed by atoms with Gasteiger partial charge in [0.1, 0.15) is 17.1 Å². The Morgan fingerprint density at radius 3 is 2.48 bits per heavy atom. The Balaban J connectivity index is 0.680. The number of hydrogen-bond donors (Lipinski definition) is 3. The molecule has 7 heterocycles. The van der Waals surface area contributed by atoms with Crippen molar-refractivity contribution >= 4 is 72.9 Å². The fourth-order valence-electron chi connectivity index (χ4n) is 11.5. The van der Waals surface area contributed by atoms with Gasteiger partial charge in [-0.2, -0.15) is 5.10 Å². The molecule has 3 fully saturated rings. The number of ether oxygens (including phenoxy) is 1. The second-order valence-electron chi connectivity index (χ2n) is 20.1. The molecule has 7 aromatic rings. The first-order valence-electron chi connectivity index (χ1n) is 25.6. The quantitative estimate of drug-likeness (QED) is 0.0931. The fraction of sp³-hybridized carbons (Fsp3) is 0.393. The number of imide groups is 1. The van der Waals surface area contributed by atoms with Crippen LogP contribution in [0.1, 0.15) is 107 Å². The molecule has 17 heteroatoms. The van der Waals surface area contributed by atoms with Gasteiger partial charge in [-0.1, -0.05) is 47.7 Å². The summed E-state index contributed by atoms with van der Waals surface area (Å²) in [5.41, 5.74) is 7.18. The van der Waals surface area contributed by atoms with E-state index in [0.29, 0.717) is 72.1 Å². The highest BCUT2D eigenvalue weighted by Gasteiger charge is 2.34. The van der Waals surface area contributed by atoms with Crippen molar-refractivity contribution in [3.63, 3.8) is 0 Å². The monoisotopic (exact) mass is 1000 g/mol. The fourth-order valence-corrected chi connectivity index (χ4v) is 12.4. The molecule has 0 radical (unpaired) electrons. The largest absolute Gasteiger partial charge is 0.490 e. The van der Waals surface area contributed by atoms with Crippen LogP contribution in [-0.4, -0.2) is 103 Å². The number of piperazine rings is 1. The lowest BCUT2D eigenvalue weighted by atomic mass is 9.83. The number of aryl methyl sites for hydroxylation is 1. The van der Waals surface area contributed by atoms with Gasteiger partial charge in [0.05, 0.1) is 27.9 Å². The highest BCUT2D eigenvalue weighted by Crippen LogP contribution is 2.39. The molecular weight excluding hydrogens is 941 g/mol. The van der Waals surface area contributed by atoms with E-state index in [2.05, 4.69) is 32.3 Å². The number of nitrogens with one attached hydrogen (secondary N) is 2. The van der Waals surface area contributed by atoms with E-state index >= 15 is 0 Å². The summed E-state index contributed by atoms with van der Waals surface area (Å²) in [5, 5.41) is 22.3. The molecule has 4 aromatic heterocycles. The average Bonchev–Trinajstić information content (AvgIpc) is 3.98. The molecule has 2 atom stereocenters. The molecule has 0 bridgehead atoms. The van der Waals surface area contributed by atoms with Gasteiger partial charge in [0.2, 0.25) is 11.8 Å². The Morgan fingerprint density at radius 2 is 1.68 bits per heavy atom. The summed E-state index contributed by atoms with van der Waals surface area (Å²) in [6.45, 7) is 8.96. The third-order valence-electron chi connectivity index (χ3n) is 15.7. The maximum absolute atomic E-state index is 13.7. The SMILES string of the molecule is Cc1c(OC2CCC(CC[C@@H](C)N3CCN(c4nccc5c(C6CCC(=O)NC6=O)nn(C)c45)CC3)CC2)cccc1-c1ccc(N2CCc3cccc(C(=O)Nc4nc5ccccc5s4)c3C2)nc1C(=O)O. The van der Waals surface area contributed by atoms with Crippen LogP contribution in [0.15, 0.2) is 85.1 Å². The van der Waals surface area contributed by atoms with Crippen LogP contribution in [0.3, 0.4) is 0 Å². The smallest absolute Gasteiger partial charge is 0.355 e. The minimum absolute atomic E-state index is 0.0246. The third kappa shape index (κ3) is 9.75. The van der Waals surface area contributed by atoms with E-state index in [1.807, 2.05) is 102 Å². The molecule has 2 saturated heterocycles. The highest BCUT2D eigenvalue weighted by atomic mass is 32.1. The standard InChI is InChI=1S/C56H60N10O6S/c1-33(64-28-30-65(31-29-64)52-51-41(24-26-57-52)49(62-63(51)3)42-21-23-48(67)60-54(42)69)14-15-35-16-18-37(19-17-35)72-45-12-7-9-38(34(45)2)39-20-22-47(59-50(39)55(70)71)66-27-25-36-8-6-10-40(43(36)32-66)53(68)61-56-58-44-11-4-5-13-46(44)73-56/h4-13,20,22,24,26,33,35,37,42H,14-19,21,23,25,27-32H2,1-3H3,(H,70,71)(H,58,61,68)(H,60,67,69)/t33-,35?,37?,42?/m1/s1. The number of para-hydroxylation sites is 1. The number of anilines is 3. The van der Waals surface area contributed by atoms with Crippen LogP contribution in [0, 0.1) is 12.8 Å². The number of benzene rings is 3. The van der Waals surface area contributed by atoms with Crippen molar-refractivity contribution in [3.8, 4) is 16.9 Å². The first kappa shape index (κ1) is 48.1. The lowest BCUT2D eigenvalue weighted by Gasteiger charge is -2.39. The number of hydrogen-bond acceptors (Lipinski definition) is 13. The Morgan fingerprint density at radius 1 is 0.877 bits per heavy atom. The van der Waals surface area contributed by atoms with Gasteiger partial charge >= 0.3 is 5.97 Å². The molecule has 3 aliphatic heterocycles. The molecule has 1 saturated carbocycles. The van der Waals surface area contributed by atoms with Crippen molar-refractivity contribution in [1.82, 2.24) is 34.9 Å². The first-order chi connectivity index (χ1) is 35.4. The van der Waals surface area contributed by atoms with Gasteiger partial charge in [-0.25, -0.2) is 19.7 Å².